The first-order chi connectivity index (χ1) is 4.61. The van der Waals surface area contributed by atoms with Crippen LogP contribution in [0.1, 0.15) is 0 Å². The van der Waals surface area contributed by atoms with E-state index in [9.17, 15) is 13.2 Å². The molecule has 1 aromatic rings. The molecule has 1 atom stereocenters. The fraction of sp³-hybridized carbons (Fsp3) is 0. The Morgan fingerprint density at radius 2 is 1.70 bits per heavy atom. The first-order valence-corrected chi connectivity index (χ1v) is 3.09. The van der Waals surface area contributed by atoms with Crippen molar-refractivity contribution in [3.8, 4) is 0 Å². The fourth-order valence-electron chi connectivity index (χ4n) is 0.576. The van der Waals surface area contributed by atoms with E-state index in [2.05, 4.69) is 0 Å². The highest BCUT2D eigenvalue weighted by atomic mass is 31.0. The van der Waals surface area contributed by atoms with Crippen LogP contribution in [-0.4, -0.2) is 0 Å². The van der Waals surface area contributed by atoms with Crippen molar-refractivity contribution < 1.29 is 13.2 Å². The molecule has 0 saturated carbocycles. The van der Waals surface area contributed by atoms with Crippen molar-refractivity contribution in [3.05, 3.63) is 29.6 Å². The molecule has 0 bridgehead atoms. The second-order valence-corrected chi connectivity index (χ2v) is 2.41. The van der Waals surface area contributed by atoms with Gasteiger partial charge in [-0.1, -0.05) is 0 Å². The van der Waals surface area contributed by atoms with E-state index < -0.39 is 17.5 Å². The van der Waals surface area contributed by atoms with E-state index in [4.69, 9.17) is 0 Å². The van der Waals surface area contributed by atoms with E-state index in [1.165, 1.54) is 0 Å². The third-order valence-corrected chi connectivity index (χ3v) is 1.44. The highest BCUT2D eigenvalue weighted by Crippen LogP contribution is 2.07. The summed E-state index contributed by atoms with van der Waals surface area (Å²) < 4.78 is 36.7. The molecule has 0 spiro atoms. The maximum atomic E-state index is 12.3. The molecule has 0 aromatic heterocycles. The molecule has 0 saturated heterocycles. The van der Waals surface area contributed by atoms with Gasteiger partial charge in [-0.3, -0.25) is 0 Å². The molecule has 0 aliphatic rings. The van der Waals surface area contributed by atoms with Crippen LogP contribution in [0.4, 0.5) is 13.2 Å². The van der Waals surface area contributed by atoms with E-state index in [1.807, 2.05) is 9.24 Å². The summed E-state index contributed by atoms with van der Waals surface area (Å²) in [4.78, 5) is 0. The smallest absolute Gasteiger partial charge is 0.166 e. The summed E-state index contributed by atoms with van der Waals surface area (Å²) in [5.41, 5.74) is 0. The van der Waals surface area contributed by atoms with Gasteiger partial charge in [0.1, 0.15) is 5.82 Å². The average molecular weight is 164 g/mol. The topological polar surface area (TPSA) is 0 Å². The first-order valence-electron chi connectivity index (χ1n) is 2.51. The summed E-state index contributed by atoms with van der Waals surface area (Å²) in [6, 6.07) is 1.41. The molecule has 0 nitrogen and oxygen atoms in total. The van der Waals surface area contributed by atoms with Crippen molar-refractivity contribution in [2.75, 3.05) is 0 Å². The van der Waals surface area contributed by atoms with E-state index in [-0.39, 0.29) is 5.30 Å². The molecule has 10 heavy (non-hydrogen) atoms. The first kappa shape index (κ1) is 7.55. The highest BCUT2D eigenvalue weighted by Gasteiger charge is 2.06. The second-order valence-electron chi connectivity index (χ2n) is 1.79. The van der Waals surface area contributed by atoms with Gasteiger partial charge in [-0.2, -0.15) is 0 Å². The lowest BCUT2D eigenvalue weighted by atomic mass is 10.3. The fourth-order valence-corrected chi connectivity index (χ4v) is 0.873. The Bertz CT molecular complexity index is 236. The molecule has 0 N–H and O–H groups in total. The molecule has 0 aliphatic carbocycles. The molecule has 4 heteroatoms. The van der Waals surface area contributed by atoms with E-state index in [0.717, 1.165) is 6.07 Å². The van der Waals surface area contributed by atoms with Crippen molar-refractivity contribution in [1.82, 2.24) is 0 Å². The van der Waals surface area contributed by atoms with Gasteiger partial charge in [0.05, 0.1) is 0 Å². The number of hydrogen-bond donors (Lipinski definition) is 0. The van der Waals surface area contributed by atoms with Gasteiger partial charge in [0.25, 0.3) is 0 Å². The van der Waals surface area contributed by atoms with Crippen LogP contribution in [0.5, 0.6) is 0 Å². The van der Waals surface area contributed by atoms with Crippen LogP contribution in [0, 0.1) is 17.5 Å². The van der Waals surface area contributed by atoms with Crippen LogP contribution < -0.4 is 5.30 Å². The van der Waals surface area contributed by atoms with Crippen LogP contribution in [-0.2, 0) is 0 Å². The Hall–Kier alpha value is -0.560. The summed E-state index contributed by atoms with van der Waals surface area (Å²) in [5.74, 6) is -2.96. The van der Waals surface area contributed by atoms with Gasteiger partial charge < -0.3 is 0 Å². The number of hydrogen-bond acceptors (Lipinski definition) is 0. The van der Waals surface area contributed by atoms with Crippen molar-refractivity contribution in [3.63, 3.8) is 0 Å². The molecule has 0 heterocycles. The summed E-state index contributed by atoms with van der Waals surface area (Å²) in [5, 5.41) is -0.0995. The summed E-state index contributed by atoms with van der Waals surface area (Å²) >= 11 is 0. The van der Waals surface area contributed by atoms with E-state index in [0.29, 0.717) is 6.07 Å². The largest absolute Gasteiger partial charge is 0.207 e. The Labute approximate surface area is 58.3 Å². The third-order valence-electron chi connectivity index (χ3n) is 1.02. The molecule has 1 unspecified atom stereocenters. The maximum Gasteiger partial charge on any atom is 0.166 e. The second kappa shape index (κ2) is 2.59. The molecule has 54 valence electrons. The third kappa shape index (κ3) is 1.29. The standard InChI is InChI=1S/C6H4F3P/c7-3-1-4(8)6(9)5(10)2-3/h1-2H,10H2. The van der Waals surface area contributed by atoms with Crippen LogP contribution in [0.25, 0.3) is 0 Å². The monoisotopic (exact) mass is 164 g/mol. The predicted octanol–water partition coefficient (Wildman–Crippen LogP) is 1.60. The Morgan fingerprint density at radius 1 is 1.10 bits per heavy atom. The van der Waals surface area contributed by atoms with Gasteiger partial charge in [0.2, 0.25) is 0 Å². The van der Waals surface area contributed by atoms with Crippen LogP contribution in [0.2, 0.25) is 0 Å². The van der Waals surface area contributed by atoms with Gasteiger partial charge in [-0.15, -0.1) is 9.24 Å². The van der Waals surface area contributed by atoms with E-state index >= 15 is 0 Å². The molecular weight excluding hydrogens is 160 g/mol. The summed E-state index contributed by atoms with van der Waals surface area (Å²) in [7, 11) is 1.90. The highest BCUT2D eigenvalue weighted by molar-refractivity contribution is 7.27. The SMILES string of the molecule is Fc1cc(F)c(F)c(P)c1. The van der Waals surface area contributed by atoms with Gasteiger partial charge >= 0.3 is 0 Å². The Morgan fingerprint density at radius 3 is 2.20 bits per heavy atom. The zero-order chi connectivity index (χ0) is 7.72. The average Bonchev–Trinajstić information content (AvgIpc) is 1.82. The normalized spacial score (nSPS) is 10.0. The van der Waals surface area contributed by atoms with Crippen LogP contribution in [0.3, 0.4) is 0 Å². The zero-order valence-corrected chi connectivity index (χ0v) is 6.02. The maximum absolute atomic E-state index is 12.3. The quantitative estimate of drug-likeness (QED) is 0.403. The minimum Gasteiger partial charge on any atom is -0.207 e. The number of benzene rings is 1. The molecule has 0 fully saturated rings. The molecule has 1 rings (SSSR count). The van der Waals surface area contributed by atoms with Gasteiger partial charge in [-0.25, -0.2) is 13.2 Å². The zero-order valence-electron chi connectivity index (χ0n) is 4.87. The summed E-state index contributed by atoms with van der Waals surface area (Å²) in [6.07, 6.45) is 0. The predicted molar refractivity (Wildman–Crippen MR) is 35.7 cm³/mol. The molecule has 0 amide bonds. The Balaban J connectivity index is 3.31. The minimum atomic E-state index is -1.16. The van der Waals surface area contributed by atoms with Gasteiger partial charge in [0.15, 0.2) is 11.6 Å². The summed E-state index contributed by atoms with van der Waals surface area (Å²) in [6.45, 7) is 0. The Kier molecular flexibility index (Phi) is 1.95. The van der Waals surface area contributed by atoms with Crippen molar-refractivity contribution in [2.45, 2.75) is 0 Å². The van der Waals surface area contributed by atoms with Crippen molar-refractivity contribution in [2.24, 2.45) is 0 Å². The van der Waals surface area contributed by atoms with Gasteiger partial charge in [-0.05, 0) is 6.07 Å². The lowest BCUT2D eigenvalue weighted by Crippen LogP contribution is -2.02. The number of halogens is 3. The van der Waals surface area contributed by atoms with E-state index in [1.54, 1.807) is 0 Å². The van der Waals surface area contributed by atoms with Crippen LogP contribution >= 0.6 is 9.24 Å². The lowest BCUT2D eigenvalue weighted by Gasteiger charge is -1.95. The lowest BCUT2D eigenvalue weighted by molar-refractivity contribution is 0.501. The van der Waals surface area contributed by atoms with Gasteiger partial charge in [0, 0.05) is 11.4 Å². The van der Waals surface area contributed by atoms with Crippen molar-refractivity contribution in [1.29, 1.82) is 0 Å². The molecular formula is C6H4F3P. The van der Waals surface area contributed by atoms with Crippen molar-refractivity contribution >= 4 is 14.5 Å². The van der Waals surface area contributed by atoms with Crippen LogP contribution in [0.15, 0.2) is 12.1 Å². The minimum absolute atomic E-state index is 0.0995. The molecule has 1 aromatic carbocycles. The molecule has 0 radical (unpaired) electrons. The molecule has 0 aliphatic heterocycles. The number of rotatable bonds is 0.